The maximum absolute atomic E-state index is 12.2. The smallest absolute Gasteiger partial charge is 0.306 e. The number of hydrogen-bond donors (Lipinski definition) is 2. The van der Waals surface area contributed by atoms with Crippen LogP contribution >= 0.6 is 15.9 Å². The van der Waals surface area contributed by atoms with E-state index in [-0.39, 0.29) is 6.42 Å². The molecule has 0 aromatic carbocycles. The number of hydrazine groups is 1. The molecule has 2 amide bonds. The van der Waals surface area contributed by atoms with Crippen molar-refractivity contribution in [2.24, 2.45) is 0 Å². The van der Waals surface area contributed by atoms with Crippen molar-refractivity contribution in [1.29, 1.82) is 0 Å². The van der Waals surface area contributed by atoms with Gasteiger partial charge in [-0.3, -0.25) is 30.2 Å². The second-order valence-corrected chi connectivity index (χ2v) is 5.85. The number of amides is 2. The normalized spacial score (nSPS) is 11.4. The number of halogens is 1. The first kappa shape index (κ1) is 19.1. The fourth-order valence-electron chi connectivity index (χ4n) is 1.77. The van der Waals surface area contributed by atoms with Crippen molar-refractivity contribution in [3.8, 4) is 0 Å². The molecule has 23 heavy (non-hydrogen) atoms. The van der Waals surface area contributed by atoms with Crippen LogP contribution in [0.3, 0.4) is 0 Å². The van der Waals surface area contributed by atoms with E-state index in [2.05, 4.69) is 31.8 Å². The van der Waals surface area contributed by atoms with Crippen LogP contribution < -0.4 is 10.9 Å². The maximum Gasteiger partial charge on any atom is 0.306 e. The third kappa shape index (κ3) is 7.23. The number of nitrogens with one attached hydrogen (secondary N) is 2. The van der Waals surface area contributed by atoms with Crippen LogP contribution in [0.15, 0.2) is 22.9 Å². The Balaban J connectivity index is 2.81. The van der Waals surface area contributed by atoms with Crippen molar-refractivity contribution in [3.05, 3.63) is 28.5 Å². The minimum atomic E-state index is -0.805. The first-order valence-electron chi connectivity index (χ1n) is 7.26. The Morgan fingerprint density at radius 3 is 2.65 bits per heavy atom. The lowest BCUT2D eigenvalue weighted by Gasteiger charge is -2.16. The third-order valence-corrected chi connectivity index (χ3v) is 3.37. The molecule has 1 unspecified atom stereocenters. The van der Waals surface area contributed by atoms with E-state index in [4.69, 9.17) is 4.74 Å². The monoisotopic (exact) mass is 385 g/mol. The molecule has 126 valence electrons. The van der Waals surface area contributed by atoms with Gasteiger partial charge < -0.3 is 4.74 Å². The zero-order valence-corrected chi connectivity index (χ0v) is 14.7. The van der Waals surface area contributed by atoms with Crippen LogP contribution in [0.2, 0.25) is 0 Å². The highest BCUT2D eigenvalue weighted by Gasteiger charge is 2.25. The average molecular weight is 386 g/mol. The van der Waals surface area contributed by atoms with E-state index in [1.54, 1.807) is 12.3 Å². The Hall–Kier alpha value is -1.96. The first-order valence-corrected chi connectivity index (χ1v) is 8.05. The van der Waals surface area contributed by atoms with Gasteiger partial charge in [-0.1, -0.05) is 13.3 Å². The number of hydrogen-bond acceptors (Lipinski definition) is 5. The highest BCUT2D eigenvalue weighted by molar-refractivity contribution is 9.10. The summed E-state index contributed by atoms with van der Waals surface area (Å²) in [5.74, 6) is -2.19. The third-order valence-electron chi connectivity index (χ3n) is 2.94. The van der Waals surface area contributed by atoms with E-state index in [0.29, 0.717) is 16.6 Å². The van der Waals surface area contributed by atoms with Gasteiger partial charge in [0, 0.05) is 23.8 Å². The standard InChI is InChI=1S/C15H20BrN3O4/c1-3-4-5-23-14(21)7-13(15(22)19-18-10(2)20)11-6-12(16)9-17-8-11/h6,8-9,13H,3-5,7H2,1-2H3,(H,18,20)(H,19,22). The Morgan fingerprint density at radius 2 is 2.04 bits per heavy atom. The number of aromatic nitrogens is 1. The minimum Gasteiger partial charge on any atom is -0.466 e. The second kappa shape index (κ2) is 9.94. The summed E-state index contributed by atoms with van der Waals surface area (Å²) in [6.07, 6.45) is 4.63. The number of pyridine rings is 1. The Morgan fingerprint density at radius 1 is 1.30 bits per heavy atom. The number of esters is 1. The van der Waals surface area contributed by atoms with Crippen molar-refractivity contribution in [1.82, 2.24) is 15.8 Å². The van der Waals surface area contributed by atoms with Crippen molar-refractivity contribution in [3.63, 3.8) is 0 Å². The van der Waals surface area contributed by atoms with Gasteiger partial charge in [0.25, 0.3) is 0 Å². The second-order valence-electron chi connectivity index (χ2n) is 4.94. The molecule has 1 heterocycles. The lowest BCUT2D eigenvalue weighted by atomic mass is 9.96. The van der Waals surface area contributed by atoms with Gasteiger partial charge in [0.1, 0.15) is 0 Å². The van der Waals surface area contributed by atoms with E-state index in [9.17, 15) is 14.4 Å². The number of nitrogens with zero attached hydrogens (tertiary/aromatic N) is 1. The predicted octanol–water partition coefficient (Wildman–Crippen LogP) is 1.83. The molecular formula is C15H20BrN3O4. The molecule has 1 atom stereocenters. The summed E-state index contributed by atoms with van der Waals surface area (Å²) < 4.78 is 5.79. The molecule has 8 heteroatoms. The van der Waals surface area contributed by atoms with Gasteiger partial charge in [0.2, 0.25) is 11.8 Å². The highest BCUT2D eigenvalue weighted by atomic mass is 79.9. The Kier molecular flexibility index (Phi) is 8.25. The van der Waals surface area contributed by atoms with Gasteiger partial charge >= 0.3 is 5.97 Å². The lowest BCUT2D eigenvalue weighted by Crippen LogP contribution is -2.43. The summed E-state index contributed by atoms with van der Waals surface area (Å²) in [5.41, 5.74) is 5.05. The maximum atomic E-state index is 12.2. The van der Waals surface area contributed by atoms with Crippen LogP contribution in [0.25, 0.3) is 0 Å². The van der Waals surface area contributed by atoms with Gasteiger partial charge in [-0.2, -0.15) is 0 Å². The summed E-state index contributed by atoms with van der Waals surface area (Å²) in [4.78, 5) is 39.1. The fraction of sp³-hybridized carbons (Fsp3) is 0.467. The molecule has 7 nitrogen and oxygen atoms in total. The van der Waals surface area contributed by atoms with Crippen LogP contribution in [0.4, 0.5) is 0 Å². The van der Waals surface area contributed by atoms with Crippen LogP contribution in [-0.4, -0.2) is 29.4 Å². The quantitative estimate of drug-likeness (QED) is 0.423. The molecule has 0 aliphatic carbocycles. The van der Waals surface area contributed by atoms with Gasteiger partial charge in [0.15, 0.2) is 0 Å². The molecule has 0 aliphatic rings. The number of unbranched alkanes of at least 4 members (excludes halogenated alkanes) is 1. The average Bonchev–Trinajstić information content (AvgIpc) is 2.50. The van der Waals surface area contributed by atoms with Gasteiger partial charge in [0.05, 0.1) is 18.9 Å². The topological polar surface area (TPSA) is 97.4 Å². The van der Waals surface area contributed by atoms with Crippen LogP contribution in [-0.2, 0) is 19.1 Å². The summed E-state index contributed by atoms with van der Waals surface area (Å²) in [5, 5.41) is 0. The summed E-state index contributed by atoms with van der Waals surface area (Å²) in [7, 11) is 0. The molecule has 0 radical (unpaired) electrons. The van der Waals surface area contributed by atoms with E-state index in [1.807, 2.05) is 6.92 Å². The largest absolute Gasteiger partial charge is 0.466 e. The summed E-state index contributed by atoms with van der Waals surface area (Å²) in [6.45, 7) is 3.59. The Labute approximate surface area is 143 Å². The van der Waals surface area contributed by atoms with Gasteiger partial charge in [-0.05, 0) is 34.0 Å². The molecule has 1 rings (SSSR count). The van der Waals surface area contributed by atoms with Gasteiger partial charge in [-0.15, -0.1) is 0 Å². The van der Waals surface area contributed by atoms with E-state index >= 15 is 0 Å². The summed E-state index contributed by atoms with van der Waals surface area (Å²) in [6, 6.07) is 1.70. The van der Waals surface area contributed by atoms with Crippen LogP contribution in [0, 0.1) is 0 Å². The van der Waals surface area contributed by atoms with Crippen molar-refractivity contribution < 1.29 is 19.1 Å². The highest BCUT2D eigenvalue weighted by Crippen LogP contribution is 2.22. The zero-order chi connectivity index (χ0) is 17.2. The van der Waals surface area contributed by atoms with E-state index < -0.39 is 23.7 Å². The molecule has 1 aromatic heterocycles. The SMILES string of the molecule is CCCCOC(=O)CC(C(=O)NNC(C)=O)c1cncc(Br)c1. The first-order chi connectivity index (χ1) is 10.9. The molecule has 0 spiro atoms. The molecule has 0 saturated heterocycles. The van der Waals surface area contributed by atoms with Crippen molar-refractivity contribution in [2.45, 2.75) is 39.0 Å². The number of ether oxygens (including phenoxy) is 1. The molecule has 1 aromatic rings. The fourth-order valence-corrected chi connectivity index (χ4v) is 2.16. The molecule has 2 N–H and O–H groups in total. The van der Waals surface area contributed by atoms with Gasteiger partial charge in [-0.25, -0.2) is 0 Å². The van der Waals surface area contributed by atoms with Crippen molar-refractivity contribution >= 4 is 33.7 Å². The Bertz CT molecular complexity index is 565. The molecule has 0 saturated carbocycles. The minimum absolute atomic E-state index is 0.132. The van der Waals surface area contributed by atoms with Crippen molar-refractivity contribution in [2.75, 3.05) is 6.61 Å². The van der Waals surface area contributed by atoms with Crippen LogP contribution in [0.5, 0.6) is 0 Å². The molecule has 0 aliphatic heterocycles. The molecule has 0 bridgehead atoms. The molecule has 0 fully saturated rings. The zero-order valence-electron chi connectivity index (χ0n) is 13.1. The van der Waals surface area contributed by atoms with E-state index in [0.717, 1.165) is 12.8 Å². The number of rotatable bonds is 7. The molecular weight excluding hydrogens is 366 g/mol. The number of carbonyl (C=O) groups is 3. The van der Waals surface area contributed by atoms with Crippen LogP contribution in [0.1, 0.15) is 44.6 Å². The predicted molar refractivity (Wildman–Crippen MR) is 87.1 cm³/mol. The van der Waals surface area contributed by atoms with E-state index in [1.165, 1.54) is 13.1 Å². The lowest BCUT2D eigenvalue weighted by molar-refractivity contribution is -0.145. The number of carbonyl (C=O) groups excluding carboxylic acids is 3. The summed E-state index contributed by atoms with van der Waals surface area (Å²) >= 11 is 3.28.